The normalized spacial score (nSPS) is 11.2. The smallest absolute Gasteiger partial charge is 0.222 e. The number of anilines is 2. The highest BCUT2D eigenvalue weighted by molar-refractivity contribution is 6.38. The summed E-state index contributed by atoms with van der Waals surface area (Å²) in [6.07, 6.45) is 3.21. The van der Waals surface area contributed by atoms with Gasteiger partial charge in [0.25, 0.3) is 0 Å². The zero-order chi connectivity index (χ0) is 21.0. The summed E-state index contributed by atoms with van der Waals surface area (Å²) in [7, 11) is 4.76. The SMILES string of the molecule is COc1cc(CCC=Nc2ccc3nc(N)nc(N)c3c2Cl)cc(OC)c1OC. The number of hydrogen-bond donors (Lipinski definition) is 2. The van der Waals surface area contributed by atoms with Gasteiger partial charge < -0.3 is 25.7 Å². The predicted octanol–water partition coefficient (Wildman–Crippen LogP) is 3.81. The van der Waals surface area contributed by atoms with E-state index in [1.165, 1.54) is 0 Å². The molecule has 0 saturated carbocycles. The van der Waals surface area contributed by atoms with Crippen molar-refractivity contribution in [2.24, 2.45) is 4.99 Å². The third-order valence-corrected chi connectivity index (χ3v) is 4.73. The first-order chi connectivity index (χ1) is 14.0. The van der Waals surface area contributed by atoms with Crippen molar-refractivity contribution in [3.63, 3.8) is 0 Å². The average molecular weight is 416 g/mol. The number of fused-ring (bicyclic) bond motifs is 1. The van der Waals surface area contributed by atoms with Crippen LogP contribution in [0.25, 0.3) is 10.9 Å². The number of hydrogen-bond acceptors (Lipinski definition) is 8. The molecule has 0 aliphatic rings. The van der Waals surface area contributed by atoms with Gasteiger partial charge in [-0.2, -0.15) is 4.98 Å². The molecule has 3 rings (SSSR count). The van der Waals surface area contributed by atoms with Gasteiger partial charge in [0.15, 0.2) is 11.5 Å². The van der Waals surface area contributed by atoms with Crippen molar-refractivity contribution in [1.82, 2.24) is 9.97 Å². The minimum atomic E-state index is 0.104. The Morgan fingerprint density at radius 3 is 2.34 bits per heavy atom. The Morgan fingerprint density at radius 2 is 1.72 bits per heavy atom. The van der Waals surface area contributed by atoms with Crippen molar-refractivity contribution >= 4 is 46.2 Å². The molecule has 29 heavy (non-hydrogen) atoms. The van der Waals surface area contributed by atoms with Crippen molar-refractivity contribution in [2.75, 3.05) is 32.8 Å². The van der Waals surface area contributed by atoms with Gasteiger partial charge in [0.1, 0.15) is 5.82 Å². The fourth-order valence-electron chi connectivity index (χ4n) is 2.99. The number of aryl methyl sites for hydroxylation is 1. The lowest BCUT2D eigenvalue weighted by Crippen LogP contribution is -2.00. The molecule has 0 aliphatic heterocycles. The Labute approximate surface area is 173 Å². The maximum absolute atomic E-state index is 6.45. The van der Waals surface area contributed by atoms with Crippen LogP contribution in [0.4, 0.5) is 17.5 Å². The van der Waals surface area contributed by atoms with E-state index in [-0.39, 0.29) is 11.8 Å². The lowest BCUT2D eigenvalue weighted by Gasteiger charge is -2.13. The van der Waals surface area contributed by atoms with Crippen LogP contribution in [0.1, 0.15) is 12.0 Å². The quantitative estimate of drug-likeness (QED) is 0.563. The van der Waals surface area contributed by atoms with Crippen molar-refractivity contribution in [3.05, 3.63) is 34.9 Å². The highest BCUT2D eigenvalue weighted by Crippen LogP contribution is 2.38. The van der Waals surface area contributed by atoms with Crippen molar-refractivity contribution < 1.29 is 14.2 Å². The van der Waals surface area contributed by atoms with Crippen LogP contribution >= 0.6 is 11.6 Å². The molecular weight excluding hydrogens is 394 g/mol. The molecule has 0 fully saturated rings. The first kappa shape index (κ1) is 20.5. The van der Waals surface area contributed by atoms with Crippen LogP contribution in [0.2, 0.25) is 5.02 Å². The molecule has 0 bridgehead atoms. The largest absolute Gasteiger partial charge is 0.493 e. The van der Waals surface area contributed by atoms with Crippen LogP contribution in [-0.2, 0) is 6.42 Å². The molecule has 2 aromatic carbocycles. The van der Waals surface area contributed by atoms with Gasteiger partial charge in [-0.05, 0) is 42.7 Å². The first-order valence-electron chi connectivity index (χ1n) is 8.81. The molecule has 4 N–H and O–H groups in total. The summed E-state index contributed by atoms with van der Waals surface area (Å²) in [6.45, 7) is 0. The monoisotopic (exact) mass is 415 g/mol. The van der Waals surface area contributed by atoms with E-state index in [1.54, 1.807) is 39.7 Å². The first-order valence-corrected chi connectivity index (χ1v) is 9.18. The van der Waals surface area contributed by atoms with Crippen LogP contribution in [0.3, 0.4) is 0 Å². The van der Waals surface area contributed by atoms with Gasteiger partial charge in [0.05, 0.1) is 42.9 Å². The Balaban J connectivity index is 1.78. The molecule has 0 atom stereocenters. The summed E-state index contributed by atoms with van der Waals surface area (Å²) >= 11 is 6.45. The second-order valence-corrected chi connectivity index (χ2v) is 6.52. The van der Waals surface area contributed by atoms with E-state index in [1.807, 2.05) is 12.1 Å². The molecule has 0 aliphatic carbocycles. The predicted molar refractivity (Wildman–Crippen MR) is 116 cm³/mol. The maximum atomic E-state index is 6.45. The fraction of sp³-hybridized carbons (Fsp3) is 0.250. The Kier molecular flexibility index (Phi) is 6.23. The number of nitrogens with zero attached hydrogens (tertiary/aromatic N) is 3. The van der Waals surface area contributed by atoms with Crippen LogP contribution < -0.4 is 25.7 Å². The standard InChI is InChI=1S/C20H22ClN5O3/c1-27-14-9-11(10-15(28-2)18(14)29-3)5-4-8-24-13-7-6-12-16(17(13)21)19(22)26-20(23)25-12/h6-10H,4-5H2,1-3H3,(H4,22,23,25,26). The second-order valence-electron chi connectivity index (χ2n) is 6.14. The molecule has 9 heteroatoms. The zero-order valence-corrected chi connectivity index (χ0v) is 17.2. The maximum Gasteiger partial charge on any atom is 0.222 e. The number of nitrogens with two attached hydrogens (primary N) is 2. The molecule has 0 radical (unpaired) electrons. The molecular formula is C20H22ClN5O3. The van der Waals surface area contributed by atoms with Crippen LogP contribution in [-0.4, -0.2) is 37.5 Å². The number of aromatic nitrogens is 2. The van der Waals surface area contributed by atoms with E-state index in [4.69, 9.17) is 37.3 Å². The Bertz CT molecular complexity index is 1050. The van der Waals surface area contributed by atoms with Crippen molar-refractivity contribution in [2.45, 2.75) is 12.8 Å². The van der Waals surface area contributed by atoms with Gasteiger partial charge >= 0.3 is 0 Å². The topological polar surface area (TPSA) is 118 Å². The van der Waals surface area contributed by atoms with E-state index in [9.17, 15) is 0 Å². The molecule has 0 unspecified atom stereocenters. The van der Waals surface area contributed by atoms with E-state index < -0.39 is 0 Å². The number of ether oxygens (including phenoxy) is 3. The van der Waals surface area contributed by atoms with E-state index in [2.05, 4.69) is 15.0 Å². The number of rotatable bonds is 7. The summed E-state index contributed by atoms with van der Waals surface area (Å²) in [5, 5.41) is 0.934. The average Bonchev–Trinajstić information content (AvgIpc) is 2.71. The molecule has 0 spiro atoms. The highest BCUT2D eigenvalue weighted by atomic mass is 35.5. The van der Waals surface area contributed by atoms with E-state index >= 15 is 0 Å². The summed E-state index contributed by atoms with van der Waals surface area (Å²) in [5.41, 5.74) is 13.8. The summed E-state index contributed by atoms with van der Waals surface area (Å²) in [5.74, 6) is 2.13. The van der Waals surface area contributed by atoms with Crippen LogP contribution in [0, 0.1) is 0 Å². The number of benzene rings is 2. The summed E-state index contributed by atoms with van der Waals surface area (Å²) in [6, 6.07) is 7.37. The Morgan fingerprint density at radius 1 is 1.03 bits per heavy atom. The van der Waals surface area contributed by atoms with Gasteiger partial charge in [0.2, 0.25) is 11.7 Å². The minimum Gasteiger partial charge on any atom is -0.493 e. The third-order valence-electron chi connectivity index (χ3n) is 4.34. The number of nitrogen functional groups attached to an aromatic ring is 2. The lowest BCUT2D eigenvalue weighted by atomic mass is 10.1. The molecule has 1 heterocycles. The molecule has 1 aromatic heterocycles. The van der Waals surface area contributed by atoms with Gasteiger partial charge in [0, 0.05) is 6.21 Å². The molecule has 0 saturated heterocycles. The van der Waals surface area contributed by atoms with Crippen LogP contribution in [0.15, 0.2) is 29.3 Å². The molecule has 152 valence electrons. The second kappa shape index (κ2) is 8.83. The van der Waals surface area contributed by atoms with E-state index in [0.717, 1.165) is 12.0 Å². The van der Waals surface area contributed by atoms with Gasteiger partial charge in [-0.25, -0.2) is 4.98 Å². The van der Waals surface area contributed by atoms with Gasteiger partial charge in [-0.1, -0.05) is 11.6 Å². The Hall–Kier alpha value is -3.26. The van der Waals surface area contributed by atoms with Crippen LogP contribution in [0.5, 0.6) is 17.2 Å². The highest BCUT2D eigenvalue weighted by Gasteiger charge is 2.13. The van der Waals surface area contributed by atoms with E-state index in [0.29, 0.717) is 45.3 Å². The molecule has 8 nitrogen and oxygen atoms in total. The van der Waals surface area contributed by atoms with Crippen molar-refractivity contribution in [1.29, 1.82) is 0 Å². The van der Waals surface area contributed by atoms with Crippen molar-refractivity contribution in [3.8, 4) is 17.2 Å². The summed E-state index contributed by atoms with van der Waals surface area (Å²) < 4.78 is 16.1. The summed E-state index contributed by atoms with van der Waals surface area (Å²) in [4.78, 5) is 12.6. The third kappa shape index (κ3) is 4.27. The van der Waals surface area contributed by atoms with Gasteiger partial charge in [-0.15, -0.1) is 0 Å². The lowest BCUT2D eigenvalue weighted by molar-refractivity contribution is 0.324. The zero-order valence-electron chi connectivity index (χ0n) is 16.4. The van der Waals surface area contributed by atoms with Gasteiger partial charge in [-0.3, -0.25) is 4.99 Å². The number of halogens is 1. The minimum absolute atomic E-state index is 0.104. The molecule has 3 aromatic rings. The number of methoxy groups -OCH3 is 3. The fourth-order valence-corrected chi connectivity index (χ4v) is 3.30. The number of aliphatic imine (C=N–C) groups is 1. The molecule has 0 amide bonds.